The fraction of sp³-hybridized carbons (Fsp3) is 0.250. The van der Waals surface area contributed by atoms with Crippen LogP contribution in [0.5, 0.6) is 0 Å². The van der Waals surface area contributed by atoms with Crippen LogP contribution in [0.2, 0.25) is 0 Å². The van der Waals surface area contributed by atoms with E-state index in [0.717, 1.165) is 12.8 Å². The highest BCUT2D eigenvalue weighted by Crippen LogP contribution is 2.26. The Kier molecular flexibility index (Phi) is 4.74. The monoisotopic (exact) mass is 361 g/mol. The third kappa shape index (κ3) is 3.76. The zero-order valence-electron chi connectivity index (χ0n) is 14.7. The topological polar surface area (TPSA) is 91.8 Å². The molecular weight excluding hydrogens is 342 g/mol. The summed E-state index contributed by atoms with van der Waals surface area (Å²) in [6.45, 7) is 1.21. The molecule has 4 rings (SSSR count). The van der Waals surface area contributed by atoms with E-state index < -0.39 is 0 Å². The van der Waals surface area contributed by atoms with E-state index in [1.165, 1.54) is 6.07 Å². The predicted octanol–water partition coefficient (Wildman–Crippen LogP) is 2.25. The molecule has 1 saturated heterocycles. The lowest BCUT2D eigenvalue weighted by molar-refractivity contribution is 0.0704. The highest BCUT2D eigenvalue weighted by Gasteiger charge is 2.27. The highest BCUT2D eigenvalue weighted by molar-refractivity contribution is 5.94. The summed E-state index contributed by atoms with van der Waals surface area (Å²) in [6.07, 6.45) is 6.62. The number of nitrogens with zero attached hydrogens (tertiary/aromatic N) is 4. The molecule has 7 nitrogen and oxygen atoms in total. The molecule has 1 fully saturated rings. The van der Waals surface area contributed by atoms with Crippen LogP contribution in [0.1, 0.15) is 34.9 Å². The molecule has 3 aromatic heterocycles. The van der Waals surface area contributed by atoms with E-state index in [9.17, 15) is 9.59 Å². The Bertz CT molecular complexity index is 988. The van der Waals surface area contributed by atoms with Gasteiger partial charge < -0.3 is 9.88 Å². The van der Waals surface area contributed by atoms with Crippen LogP contribution in [-0.2, 0) is 0 Å². The molecule has 1 atom stereocenters. The minimum absolute atomic E-state index is 0.0178. The molecule has 0 spiro atoms. The van der Waals surface area contributed by atoms with Gasteiger partial charge >= 0.3 is 0 Å². The van der Waals surface area contributed by atoms with E-state index in [1.54, 1.807) is 35.6 Å². The Balaban J connectivity index is 1.59. The molecule has 1 unspecified atom stereocenters. The summed E-state index contributed by atoms with van der Waals surface area (Å²) >= 11 is 0. The first-order chi connectivity index (χ1) is 13.2. The molecular formula is C20H19N5O2. The van der Waals surface area contributed by atoms with Crippen LogP contribution in [0.25, 0.3) is 11.4 Å². The van der Waals surface area contributed by atoms with Gasteiger partial charge in [-0.3, -0.25) is 19.6 Å². The molecule has 0 radical (unpaired) electrons. The average Bonchev–Trinajstić information content (AvgIpc) is 2.74. The average molecular weight is 361 g/mol. The quantitative estimate of drug-likeness (QED) is 0.772. The number of aromatic amines is 1. The van der Waals surface area contributed by atoms with Crippen molar-refractivity contribution in [1.29, 1.82) is 0 Å². The summed E-state index contributed by atoms with van der Waals surface area (Å²) in [6, 6.07) is 10.5. The minimum atomic E-state index is -0.212. The smallest absolute Gasteiger partial charge is 0.255 e. The molecule has 4 heterocycles. The molecule has 7 heteroatoms. The van der Waals surface area contributed by atoms with Gasteiger partial charge in [0.25, 0.3) is 11.5 Å². The van der Waals surface area contributed by atoms with E-state index in [-0.39, 0.29) is 17.4 Å². The lowest BCUT2D eigenvalue weighted by atomic mass is 9.96. The number of nitrogens with one attached hydrogen (secondary N) is 1. The SMILES string of the molecule is O=C(c1cccnc1)N1CCCC(c2nc(-c3ccccn3)cc(=O)[nH]2)C1. The largest absolute Gasteiger partial charge is 0.338 e. The fourth-order valence-corrected chi connectivity index (χ4v) is 3.37. The Morgan fingerprint density at radius 1 is 1.15 bits per heavy atom. The van der Waals surface area contributed by atoms with Crippen molar-refractivity contribution in [2.24, 2.45) is 0 Å². The van der Waals surface area contributed by atoms with Crippen molar-refractivity contribution < 1.29 is 4.79 Å². The van der Waals surface area contributed by atoms with Crippen LogP contribution in [0.4, 0.5) is 0 Å². The molecule has 0 aromatic carbocycles. The van der Waals surface area contributed by atoms with Gasteiger partial charge in [-0.25, -0.2) is 4.98 Å². The van der Waals surface area contributed by atoms with Gasteiger partial charge in [0, 0.05) is 43.7 Å². The van der Waals surface area contributed by atoms with Crippen LogP contribution in [-0.4, -0.2) is 43.8 Å². The summed E-state index contributed by atoms with van der Waals surface area (Å²) in [5.41, 5.74) is 1.56. The predicted molar refractivity (Wildman–Crippen MR) is 100 cm³/mol. The number of carbonyl (C=O) groups is 1. The van der Waals surface area contributed by atoms with Gasteiger partial charge in [0.1, 0.15) is 5.82 Å². The number of hydrogen-bond donors (Lipinski definition) is 1. The van der Waals surface area contributed by atoms with Gasteiger partial charge in [0.05, 0.1) is 17.0 Å². The number of amides is 1. The number of H-pyrrole nitrogens is 1. The number of rotatable bonds is 3. The number of aromatic nitrogens is 4. The molecule has 0 saturated carbocycles. The van der Waals surface area contributed by atoms with Crippen LogP contribution in [0.15, 0.2) is 59.8 Å². The van der Waals surface area contributed by atoms with Gasteiger partial charge in [-0.15, -0.1) is 0 Å². The standard InChI is InChI=1S/C20H19N5O2/c26-18-11-17(16-7-1-2-9-22-16)23-19(24-18)15-6-4-10-25(13-15)20(27)14-5-3-8-21-12-14/h1-3,5,7-9,11-12,15H,4,6,10,13H2,(H,23,24,26). The highest BCUT2D eigenvalue weighted by atomic mass is 16.2. The van der Waals surface area contributed by atoms with Crippen molar-refractivity contribution in [2.75, 3.05) is 13.1 Å². The molecule has 136 valence electrons. The molecule has 1 N–H and O–H groups in total. The van der Waals surface area contributed by atoms with E-state index in [1.807, 2.05) is 18.2 Å². The normalized spacial score (nSPS) is 16.9. The molecule has 0 bridgehead atoms. The van der Waals surface area contributed by atoms with Crippen molar-refractivity contribution in [3.63, 3.8) is 0 Å². The van der Waals surface area contributed by atoms with Crippen molar-refractivity contribution in [2.45, 2.75) is 18.8 Å². The molecule has 1 aliphatic heterocycles. The van der Waals surface area contributed by atoms with Gasteiger partial charge in [-0.1, -0.05) is 6.07 Å². The third-order valence-electron chi connectivity index (χ3n) is 4.69. The Labute approximate surface area is 156 Å². The van der Waals surface area contributed by atoms with Crippen molar-refractivity contribution in [1.82, 2.24) is 24.8 Å². The first-order valence-electron chi connectivity index (χ1n) is 8.92. The van der Waals surface area contributed by atoms with Crippen molar-refractivity contribution >= 4 is 5.91 Å². The van der Waals surface area contributed by atoms with Crippen molar-refractivity contribution in [3.05, 3.63) is 76.7 Å². The number of carbonyl (C=O) groups excluding carboxylic acids is 1. The molecule has 1 amide bonds. The Morgan fingerprint density at radius 2 is 2.07 bits per heavy atom. The van der Waals surface area contributed by atoms with Gasteiger partial charge in [0.15, 0.2) is 0 Å². The summed E-state index contributed by atoms with van der Waals surface area (Å²) in [4.78, 5) is 42.4. The number of pyridine rings is 2. The lowest BCUT2D eigenvalue weighted by Gasteiger charge is -2.32. The third-order valence-corrected chi connectivity index (χ3v) is 4.69. The lowest BCUT2D eigenvalue weighted by Crippen LogP contribution is -2.40. The number of hydrogen-bond acceptors (Lipinski definition) is 5. The van der Waals surface area contributed by atoms with E-state index in [0.29, 0.717) is 35.9 Å². The second-order valence-corrected chi connectivity index (χ2v) is 6.56. The second-order valence-electron chi connectivity index (χ2n) is 6.56. The van der Waals surface area contributed by atoms with Gasteiger partial charge in [-0.05, 0) is 37.1 Å². The molecule has 27 heavy (non-hydrogen) atoms. The van der Waals surface area contributed by atoms with E-state index in [4.69, 9.17) is 0 Å². The Hall–Kier alpha value is -3.35. The summed E-state index contributed by atoms with van der Waals surface area (Å²) in [7, 11) is 0. The minimum Gasteiger partial charge on any atom is -0.338 e. The van der Waals surface area contributed by atoms with Gasteiger partial charge in [0.2, 0.25) is 0 Å². The summed E-state index contributed by atoms with van der Waals surface area (Å²) in [5, 5.41) is 0. The molecule has 1 aliphatic rings. The summed E-state index contributed by atoms with van der Waals surface area (Å²) in [5.74, 6) is 0.540. The maximum absolute atomic E-state index is 12.7. The Morgan fingerprint density at radius 3 is 2.85 bits per heavy atom. The van der Waals surface area contributed by atoms with Crippen LogP contribution >= 0.6 is 0 Å². The summed E-state index contributed by atoms with van der Waals surface area (Å²) < 4.78 is 0. The van der Waals surface area contributed by atoms with Crippen molar-refractivity contribution in [3.8, 4) is 11.4 Å². The molecule has 0 aliphatic carbocycles. The van der Waals surface area contributed by atoms with E-state index >= 15 is 0 Å². The van der Waals surface area contributed by atoms with Crippen LogP contribution in [0, 0.1) is 0 Å². The molecule has 3 aromatic rings. The first kappa shape index (κ1) is 17.1. The number of piperidine rings is 1. The first-order valence-corrected chi connectivity index (χ1v) is 8.92. The maximum Gasteiger partial charge on any atom is 0.255 e. The van der Waals surface area contributed by atoms with Crippen LogP contribution in [0.3, 0.4) is 0 Å². The van der Waals surface area contributed by atoms with E-state index in [2.05, 4.69) is 19.9 Å². The number of likely N-dealkylation sites (tertiary alicyclic amines) is 1. The zero-order chi connectivity index (χ0) is 18.6. The zero-order valence-corrected chi connectivity index (χ0v) is 14.7. The van der Waals surface area contributed by atoms with Gasteiger partial charge in [-0.2, -0.15) is 0 Å². The fourth-order valence-electron chi connectivity index (χ4n) is 3.37. The maximum atomic E-state index is 12.7. The second kappa shape index (κ2) is 7.49. The van der Waals surface area contributed by atoms with Crippen LogP contribution < -0.4 is 5.56 Å².